The molecule has 2 aliphatic rings. The summed E-state index contributed by atoms with van der Waals surface area (Å²) in [6.45, 7) is 6.00. The number of aliphatic imine (C=N–C) groups is 1. The summed E-state index contributed by atoms with van der Waals surface area (Å²) in [5.41, 5.74) is 0.805. The number of urea groups is 1. The van der Waals surface area contributed by atoms with E-state index in [9.17, 15) is 14.4 Å². The third-order valence-electron chi connectivity index (χ3n) is 3.26. The fourth-order valence-electron chi connectivity index (χ4n) is 2.27. The van der Waals surface area contributed by atoms with E-state index in [1.165, 1.54) is 11.9 Å². The zero-order chi connectivity index (χ0) is 16.6. The lowest BCUT2D eigenvalue weighted by molar-refractivity contribution is -0.524. The zero-order valence-corrected chi connectivity index (χ0v) is 13.4. The van der Waals surface area contributed by atoms with Gasteiger partial charge in [-0.2, -0.15) is 0 Å². The maximum Gasteiger partial charge on any atom is 0.358 e. The number of imide groups is 1. The summed E-state index contributed by atoms with van der Waals surface area (Å²) in [6, 6.07) is -1.18. The summed E-state index contributed by atoms with van der Waals surface area (Å²) < 4.78 is 1.69. The molecule has 1 atom stereocenters. The number of carbonyl (C=O) groups excluding carboxylic acids is 2. The van der Waals surface area contributed by atoms with Crippen LogP contribution in [-0.4, -0.2) is 80.8 Å². The number of amides is 3. The Morgan fingerprint density at radius 3 is 2.59 bits per heavy atom. The van der Waals surface area contributed by atoms with Gasteiger partial charge in [0, 0.05) is 14.1 Å². The van der Waals surface area contributed by atoms with Crippen molar-refractivity contribution in [2.45, 2.75) is 13.0 Å². The summed E-state index contributed by atoms with van der Waals surface area (Å²) >= 11 is 1.02. The second-order valence-corrected chi connectivity index (χ2v) is 6.10. The van der Waals surface area contributed by atoms with E-state index in [1.807, 2.05) is 6.92 Å². The van der Waals surface area contributed by atoms with E-state index in [1.54, 1.807) is 11.6 Å². The van der Waals surface area contributed by atoms with Gasteiger partial charge in [-0.05, 0) is 29.3 Å². The molecule has 1 saturated heterocycles. The highest BCUT2D eigenvalue weighted by Crippen LogP contribution is 2.23. The number of rotatable bonds is 4. The van der Waals surface area contributed by atoms with Gasteiger partial charge >= 0.3 is 17.2 Å². The van der Waals surface area contributed by atoms with Crippen LogP contribution in [0.3, 0.4) is 0 Å². The highest BCUT2D eigenvalue weighted by Gasteiger charge is 2.53. The number of fused-ring (bicyclic) bond motifs is 1. The SMILES string of the molecule is C=C(C)C[N+]1=C(SCC(=O)O)N=C2C1C(=O)N(C)C(=O)N2C. The third-order valence-corrected chi connectivity index (χ3v) is 4.23. The van der Waals surface area contributed by atoms with Crippen LogP contribution >= 0.6 is 11.8 Å². The van der Waals surface area contributed by atoms with E-state index in [0.717, 1.165) is 22.2 Å². The second kappa shape index (κ2) is 5.91. The van der Waals surface area contributed by atoms with Crippen molar-refractivity contribution in [3.05, 3.63) is 12.2 Å². The number of aliphatic carboxylic acids is 1. The molecule has 0 bridgehead atoms. The number of carboxylic acid groups (broad SMARTS) is 1. The van der Waals surface area contributed by atoms with E-state index in [-0.39, 0.29) is 11.7 Å². The summed E-state index contributed by atoms with van der Waals surface area (Å²) in [5, 5.41) is 9.24. The van der Waals surface area contributed by atoms with Crippen molar-refractivity contribution in [3.63, 3.8) is 0 Å². The number of likely N-dealkylation sites (N-methyl/N-ethyl adjacent to an activating group) is 2. The number of thioether (sulfide) groups is 1. The van der Waals surface area contributed by atoms with Crippen molar-refractivity contribution < 1.29 is 24.1 Å². The Morgan fingerprint density at radius 2 is 2.05 bits per heavy atom. The molecule has 0 aromatic heterocycles. The molecule has 22 heavy (non-hydrogen) atoms. The molecular weight excluding hydrogens is 308 g/mol. The fourth-order valence-corrected chi connectivity index (χ4v) is 3.01. The Bertz CT molecular complexity index is 640. The van der Waals surface area contributed by atoms with Crippen LogP contribution in [0, 0.1) is 0 Å². The quantitative estimate of drug-likeness (QED) is 0.582. The van der Waals surface area contributed by atoms with Gasteiger partial charge in [0.2, 0.25) is 0 Å². The number of hydrogen-bond donors (Lipinski definition) is 1. The standard InChI is InChI=1S/C13H16N4O4S/c1-7(2)5-17-9-10(14-12(17)22-6-8(18)19)15(3)13(21)16(4)11(9)20/h9H,1,5-6H2,2-4H3/p+1. The Kier molecular flexibility index (Phi) is 4.36. The van der Waals surface area contributed by atoms with Crippen molar-refractivity contribution in [1.82, 2.24) is 9.80 Å². The van der Waals surface area contributed by atoms with Crippen molar-refractivity contribution in [2.75, 3.05) is 26.4 Å². The molecule has 8 nitrogen and oxygen atoms in total. The van der Waals surface area contributed by atoms with Crippen LogP contribution in [0.25, 0.3) is 0 Å². The van der Waals surface area contributed by atoms with Crippen molar-refractivity contribution in [2.24, 2.45) is 4.99 Å². The number of carbonyl (C=O) groups is 3. The monoisotopic (exact) mass is 325 g/mol. The average Bonchev–Trinajstić information content (AvgIpc) is 2.78. The molecule has 3 amide bonds. The van der Waals surface area contributed by atoms with E-state index in [0.29, 0.717) is 17.5 Å². The van der Waals surface area contributed by atoms with Gasteiger partial charge in [0.1, 0.15) is 12.3 Å². The first-order chi connectivity index (χ1) is 10.2. The minimum atomic E-state index is -0.976. The van der Waals surface area contributed by atoms with E-state index in [2.05, 4.69) is 11.6 Å². The first-order valence-corrected chi connectivity index (χ1v) is 7.49. The van der Waals surface area contributed by atoms with E-state index in [4.69, 9.17) is 5.11 Å². The molecule has 2 rings (SSSR count). The van der Waals surface area contributed by atoms with Crippen LogP contribution in [0.5, 0.6) is 0 Å². The predicted molar refractivity (Wildman–Crippen MR) is 82.2 cm³/mol. The molecule has 0 saturated carbocycles. The molecule has 0 radical (unpaired) electrons. The second-order valence-electron chi connectivity index (χ2n) is 5.16. The van der Waals surface area contributed by atoms with Crippen LogP contribution in [0.1, 0.15) is 6.92 Å². The molecule has 1 N–H and O–H groups in total. The topological polar surface area (TPSA) is 93.3 Å². The Morgan fingerprint density at radius 1 is 1.41 bits per heavy atom. The summed E-state index contributed by atoms with van der Waals surface area (Å²) in [4.78, 5) is 41.8. The molecule has 0 spiro atoms. The zero-order valence-electron chi connectivity index (χ0n) is 12.6. The summed E-state index contributed by atoms with van der Waals surface area (Å²) in [5.74, 6) is -1.21. The lowest BCUT2D eigenvalue weighted by Gasteiger charge is -2.30. The molecule has 2 heterocycles. The summed E-state index contributed by atoms with van der Waals surface area (Å²) in [6.07, 6.45) is 0. The minimum absolute atomic E-state index is 0.173. The molecule has 1 unspecified atom stereocenters. The van der Waals surface area contributed by atoms with Crippen molar-refractivity contribution in [3.8, 4) is 0 Å². The average molecular weight is 325 g/mol. The van der Waals surface area contributed by atoms with Crippen molar-refractivity contribution in [1.29, 1.82) is 0 Å². The Hall–Kier alpha value is -2.16. The van der Waals surface area contributed by atoms with E-state index >= 15 is 0 Å². The fraction of sp³-hybridized carbons (Fsp3) is 0.462. The highest BCUT2D eigenvalue weighted by molar-refractivity contribution is 8.14. The van der Waals surface area contributed by atoms with Crippen LogP contribution in [0.2, 0.25) is 0 Å². The third kappa shape index (κ3) is 2.76. The van der Waals surface area contributed by atoms with Crippen LogP contribution < -0.4 is 0 Å². The Labute approximate surface area is 131 Å². The van der Waals surface area contributed by atoms with E-state index < -0.39 is 18.0 Å². The summed E-state index contributed by atoms with van der Waals surface area (Å²) in [7, 11) is 2.96. The first-order valence-electron chi connectivity index (χ1n) is 6.50. The predicted octanol–water partition coefficient (Wildman–Crippen LogP) is 0.0533. The van der Waals surface area contributed by atoms with Gasteiger partial charge in [0.15, 0.2) is 0 Å². The largest absolute Gasteiger partial charge is 0.481 e. The molecule has 2 aliphatic heterocycles. The minimum Gasteiger partial charge on any atom is -0.481 e. The van der Waals surface area contributed by atoms with Gasteiger partial charge in [-0.25, -0.2) is 9.37 Å². The van der Waals surface area contributed by atoms with Crippen LogP contribution in [0.4, 0.5) is 4.79 Å². The maximum absolute atomic E-state index is 12.4. The number of nitrogens with zero attached hydrogens (tertiary/aromatic N) is 4. The van der Waals surface area contributed by atoms with Crippen LogP contribution in [-0.2, 0) is 9.59 Å². The lowest BCUT2D eigenvalue weighted by Crippen LogP contribution is -2.61. The normalized spacial score (nSPS) is 21.2. The smallest absolute Gasteiger partial charge is 0.358 e. The van der Waals surface area contributed by atoms with Crippen LogP contribution in [0.15, 0.2) is 17.1 Å². The van der Waals surface area contributed by atoms with Crippen molar-refractivity contribution >= 4 is 40.7 Å². The molecule has 118 valence electrons. The Balaban J connectivity index is 2.42. The number of amidine groups is 2. The number of hydrogen-bond acceptors (Lipinski definition) is 5. The lowest BCUT2D eigenvalue weighted by atomic mass is 10.1. The molecule has 0 aromatic rings. The van der Waals surface area contributed by atoms with Gasteiger partial charge in [-0.3, -0.25) is 19.4 Å². The van der Waals surface area contributed by atoms with Gasteiger partial charge in [0.25, 0.3) is 17.8 Å². The molecule has 1 fully saturated rings. The van der Waals surface area contributed by atoms with Gasteiger partial charge in [-0.15, -0.1) is 0 Å². The molecule has 9 heteroatoms. The van der Waals surface area contributed by atoms with Gasteiger partial charge in [-0.1, -0.05) is 6.58 Å². The van der Waals surface area contributed by atoms with Gasteiger partial charge < -0.3 is 5.11 Å². The molecule has 0 aliphatic carbocycles. The number of carboxylic acids is 1. The maximum atomic E-state index is 12.4. The molecule has 0 aromatic carbocycles. The highest BCUT2D eigenvalue weighted by atomic mass is 32.2. The first kappa shape index (κ1) is 16.2. The molecular formula is C13H17N4O4S+. The van der Waals surface area contributed by atoms with Gasteiger partial charge in [0.05, 0.1) is 0 Å².